The second-order valence-electron chi connectivity index (χ2n) is 21.0. The molecule has 0 saturated carbocycles. The Balaban J connectivity index is 0.000000145. The van der Waals surface area contributed by atoms with Crippen molar-refractivity contribution in [2.24, 2.45) is 0 Å². The van der Waals surface area contributed by atoms with Crippen molar-refractivity contribution in [1.29, 1.82) is 0 Å². The molecule has 4 aliphatic rings. The molecule has 21 nitrogen and oxygen atoms in total. The zero-order chi connectivity index (χ0) is 65.6. The summed E-state index contributed by atoms with van der Waals surface area (Å²) in [6, 6.07) is 51.1. The van der Waals surface area contributed by atoms with E-state index in [0.717, 1.165) is 33.4 Å². The van der Waals surface area contributed by atoms with Gasteiger partial charge in [-0.2, -0.15) is 0 Å². The highest BCUT2D eigenvalue weighted by molar-refractivity contribution is 5.70. The fraction of sp³-hybridized carbons (Fsp3) is 0.211. The summed E-state index contributed by atoms with van der Waals surface area (Å²) in [7, 11) is 3.10. The number of nitro groups is 4. The molecule has 2 unspecified atom stereocenters. The summed E-state index contributed by atoms with van der Waals surface area (Å²) in [4.78, 5) is 44.2. The third-order valence-corrected chi connectivity index (χ3v) is 14.8. The summed E-state index contributed by atoms with van der Waals surface area (Å²) in [5, 5.41) is 45.8. The molecule has 12 rings (SSSR count). The van der Waals surface area contributed by atoms with E-state index in [1.165, 1.54) is 13.2 Å². The Labute approximate surface area is 530 Å². The summed E-state index contributed by atoms with van der Waals surface area (Å²) in [6.45, 7) is 13.1. The number of ether oxygens (including phenoxy) is 9. The van der Waals surface area contributed by atoms with E-state index in [1.54, 1.807) is 122 Å². The molecule has 4 aliphatic heterocycles. The van der Waals surface area contributed by atoms with E-state index in [9.17, 15) is 40.5 Å². The van der Waals surface area contributed by atoms with Gasteiger partial charge in [-0.1, -0.05) is 150 Å². The van der Waals surface area contributed by atoms with Gasteiger partial charge in [0, 0.05) is 68.8 Å². The first-order valence-corrected chi connectivity index (χ1v) is 29.3. The number of rotatable bonds is 16. The van der Waals surface area contributed by atoms with Crippen LogP contribution in [0, 0.1) is 61.2 Å². The maximum atomic E-state index is 11.5. The molecule has 92 heavy (non-hydrogen) atoms. The summed E-state index contributed by atoms with van der Waals surface area (Å²) >= 11 is 0. The molecule has 21 heteroatoms. The monoisotopic (exact) mass is 1250 g/mol. The van der Waals surface area contributed by atoms with Crippen LogP contribution in [0.5, 0.6) is 51.7 Å². The molecule has 0 N–H and O–H groups in total. The lowest BCUT2D eigenvalue weighted by Gasteiger charge is -2.24. The van der Waals surface area contributed by atoms with Crippen LogP contribution in [0.15, 0.2) is 193 Å². The number of fused-ring (bicyclic) bond motifs is 4. The minimum absolute atomic E-state index is 0.0177. The van der Waals surface area contributed by atoms with Crippen LogP contribution in [-0.2, 0) is 0 Å². The van der Waals surface area contributed by atoms with Gasteiger partial charge < -0.3 is 42.6 Å². The van der Waals surface area contributed by atoms with Crippen LogP contribution < -0.4 is 42.6 Å². The Morgan fingerprint density at radius 3 is 0.804 bits per heavy atom. The Kier molecular flexibility index (Phi) is 21.0. The van der Waals surface area contributed by atoms with Crippen LogP contribution in [0.2, 0.25) is 0 Å². The summed E-state index contributed by atoms with van der Waals surface area (Å²) in [5.74, 6) is 5.15. The van der Waals surface area contributed by atoms with E-state index in [4.69, 9.17) is 42.6 Å². The van der Waals surface area contributed by atoms with Crippen molar-refractivity contribution in [3.63, 3.8) is 0 Å². The Morgan fingerprint density at radius 2 is 0.576 bits per heavy atom. The van der Waals surface area contributed by atoms with E-state index >= 15 is 0 Å². The quantitative estimate of drug-likeness (QED) is 0.0643. The van der Waals surface area contributed by atoms with Crippen molar-refractivity contribution in [1.82, 2.24) is 0 Å². The highest BCUT2D eigenvalue weighted by Crippen LogP contribution is 2.47. The first-order valence-electron chi connectivity index (χ1n) is 29.3. The number of para-hydroxylation sites is 4. The van der Waals surface area contributed by atoms with Crippen molar-refractivity contribution >= 4 is 24.3 Å². The van der Waals surface area contributed by atoms with Gasteiger partial charge in [-0.3, -0.25) is 40.5 Å². The lowest BCUT2D eigenvalue weighted by Crippen LogP contribution is -2.20. The number of benzene rings is 8. The molecule has 0 saturated heterocycles. The number of hydrogen-bond acceptors (Lipinski definition) is 17. The van der Waals surface area contributed by atoms with Crippen LogP contribution in [0.25, 0.3) is 24.3 Å². The predicted octanol–water partition coefficient (Wildman–Crippen LogP) is 15.9. The molecule has 8 aromatic carbocycles. The average molecular weight is 1250 g/mol. The second-order valence-corrected chi connectivity index (χ2v) is 21.0. The highest BCUT2D eigenvalue weighted by Gasteiger charge is 2.38. The molecule has 8 aromatic rings. The van der Waals surface area contributed by atoms with Gasteiger partial charge in [0.2, 0.25) is 24.4 Å². The van der Waals surface area contributed by atoms with E-state index in [0.29, 0.717) is 99.4 Å². The van der Waals surface area contributed by atoms with Gasteiger partial charge in [0.1, 0.15) is 5.75 Å². The lowest BCUT2D eigenvalue weighted by molar-refractivity contribution is -0.434. The van der Waals surface area contributed by atoms with Crippen LogP contribution in [-0.4, -0.2) is 53.7 Å². The molecule has 0 radical (unpaired) electrons. The van der Waals surface area contributed by atoms with Gasteiger partial charge in [0.05, 0.1) is 53.7 Å². The van der Waals surface area contributed by atoms with Crippen molar-refractivity contribution in [2.75, 3.05) is 34.0 Å². The predicted molar refractivity (Wildman–Crippen MR) is 346 cm³/mol. The van der Waals surface area contributed by atoms with Crippen molar-refractivity contribution in [3.05, 3.63) is 294 Å². The molecule has 4 heterocycles. The van der Waals surface area contributed by atoms with Crippen molar-refractivity contribution in [2.45, 2.75) is 66.0 Å². The standard InChI is InChI=1S/3C18H17NO4.C17H15NO5/c3*1-3-22-16-6-4-5-14-11-15(19(20)21)17(23-18(14)16)13-9-7-12(2)8-10-13;1-21-13-8-6-11(7-9-13)16-14(18(19)20)10-12-4-3-5-15(22-2)17(12)23-16/h3*4-11,17H,3H2,1-2H3;3-10,16H,1-2H3/t2*17-;;/m10../s1. The summed E-state index contributed by atoms with van der Waals surface area (Å²) in [5.41, 5.74) is 8.83. The van der Waals surface area contributed by atoms with Gasteiger partial charge >= 0.3 is 0 Å². The molecular formula is C71H66N4O17. The van der Waals surface area contributed by atoms with E-state index in [2.05, 4.69) is 0 Å². The zero-order valence-corrected chi connectivity index (χ0v) is 51.6. The van der Waals surface area contributed by atoms with Gasteiger partial charge in [0.15, 0.2) is 46.0 Å². The van der Waals surface area contributed by atoms with Gasteiger partial charge in [-0.25, -0.2) is 0 Å². The second kappa shape index (κ2) is 29.7. The lowest BCUT2D eigenvalue weighted by atomic mass is 10.00. The molecule has 0 aromatic heterocycles. The topological polar surface area (TPSA) is 256 Å². The minimum atomic E-state index is -0.806. The smallest absolute Gasteiger partial charge is 0.291 e. The molecule has 0 spiro atoms. The maximum absolute atomic E-state index is 11.5. The largest absolute Gasteiger partial charge is 0.497 e. The number of methoxy groups -OCH3 is 2. The maximum Gasteiger partial charge on any atom is 0.291 e. The fourth-order valence-corrected chi connectivity index (χ4v) is 10.3. The number of hydrogen-bond donors (Lipinski definition) is 0. The van der Waals surface area contributed by atoms with Crippen LogP contribution >= 0.6 is 0 Å². The molecule has 0 bridgehead atoms. The molecule has 4 atom stereocenters. The van der Waals surface area contributed by atoms with Crippen LogP contribution in [0.1, 0.15) is 106 Å². The van der Waals surface area contributed by atoms with Gasteiger partial charge in [-0.05, 0) is 77.9 Å². The van der Waals surface area contributed by atoms with E-state index in [1.807, 2.05) is 114 Å². The Hall–Kier alpha value is -11.5. The van der Waals surface area contributed by atoms with Crippen molar-refractivity contribution < 1.29 is 62.3 Å². The number of aryl methyl sites for hydroxylation is 3. The van der Waals surface area contributed by atoms with Gasteiger partial charge in [-0.15, -0.1) is 0 Å². The Bertz CT molecular complexity index is 3810. The average Bonchev–Trinajstić information content (AvgIpc) is 0.828. The molecule has 0 aliphatic carbocycles. The van der Waals surface area contributed by atoms with E-state index < -0.39 is 29.3 Å². The van der Waals surface area contributed by atoms with Crippen LogP contribution in [0.4, 0.5) is 0 Å². The first kappa shape index (κ1) is 65.0. The zero-order valence-electron chi connectivity index (χ0n) is 51.6. The number of nitrogens with zero attached hydrogens (tertiary/aromatic N) is 4. The molecular weight excluding hydrogens is 1180 g/mol. The first-order chi connectivity index (χ1) is 44.4. The minimum Gasteiger partial charge on any atom is -0.497 e. The van der Waals surface area contributed by atoms with E-state index in [-0.39, 0.29) is 37.6 Å². The highest BCUT2D eigenvalue weighted by atomic mass is 16.7. The summed E-state index contributed by atoms with van der Waals surface area (Å²) < 4.78 is 51.0. The van der Waals surface area contributed by atoms with Crippen molar-refractivity contribution in [3.8, 4) is 51.7 Å². The fourth-order valence-electron chi connectivity index (χ4n) is 10.3. The molecule has 472 valence electrons. The SMILES string of the molecule is CCOc1cccc2c1OC(c1ccc(C)cc1)C([N+](=O)[O-])=C2.CCOc1cccc2c1O[C@@H](c1ccc(C)cc1)C([N+](=O)[O-])=C2.CCOc1cccc2c1O[C@H](c1ccc(C)cc1)C([N+](=O)[O-])=C2.COc1ccc(C2Oc3c(cccc3OC)C=C2[N+](=O)[O-])cc1. The third-order valence-electron chi connectivity index (χ3n) is 14.8. The summed E-state index contributed by atoms with van der Waals surface area (Å²) in [6.07, 6.45) is 3.15. The molecule has 0 fully saturated rings. The van der Waals surface area contributed by atoms with Gasteiger partial charge in [0.25, 0.3) is 22.8 Å². The Morgan fingerprint density at radius 1 is 0.337 bits per heavy atom. The van der Waals surface area contributed by atoms with Crippen LogP contribution in [0.3, 0.4) is 0 Å². The molecule has 0 amide bonds. The normalized spacial score (nSPS) is 16.0. The third kappa shape index (κ3) is 15.0.